The smallest absolute Gasteiger partial charge is 0.125 e. The van der Waals surface area contributed by atoms with Gasteiger partial charge in [0, 0.05) is 11.5 Å². The van der Waals surface area contributed by atoms with E-state index in [2.05, 4.69) is 39.8 Å². The summed E-state index contributed by atoms with van der Waals surface area (Å²) in [6, 6.07) is 4.88. The number of methoxy groups -OCH3 is 1. The summed E-state index contributed by atoms with van der Waals surface area (Å²) in [5.41, 5.74) is 10.5. The van der Waals surface area contributed by atoms with Gasteiger partial charge in [-0.15, -0.1) is 0 Å². The van der Waals surface area contributed by atoms with Crippen molar-refractivity contribution in [2.24, 2.45) is 5.73 Å². The highest BCUT2D eigenvalue weighted by molar-refractivity contribution is 5.50. The number of nitrogens with two attached hydrogens (primary N) is 1. The molecule has 1 saturated carbocycles. The molecule has 0 radical (unpaired) electrons. The zero-order valence-corrected chi connectivity index (χ0v) is 12.9. The van der Waals surface area contributed by atoms with Crippen LogP contribution in [0.1, 0.15) is 63.1 Å². The maximum atomic E-state index is 6.22. The van der Waals surface area contributed by atoms with E-state index < -0.39 is 0 Å². The lowest BCUT2D eigenvalue weighted by Crippen LogP contribution is -2.31. The average Bonchev–Trinajstić information content (AvgIpc) is 3.18. The summed E-state index contributed by atoms with van der Waals surface area (Å²) in [5.74, 6) is 1.55. The summed E-state index contributed by atoms with van der Waals surface area (Å²) in [5, 5.41) is 0. The van der Waals surface area contributed by atoms with Crippen molar-refractivity contribution >= 4 is 0 Å². The molecule has 0 aromatic heterocycles. The van der Waals surface area contributed by atoms with E-state index in [9.17, 15) is 0 Å². The molecule has 1 aliphatic carbocycles. The monoisotopic (exact) mass is 261 g/mol. The van der Waals surface area contributed by atoms with Gasteiger partial charge in [-0.05, 0) is 48.8 Å². The molecule has 1 unspecified atom stereocenters. The first-order valence-electron chi connectivity index (χ1n) is 7.43. The van der Waals surface area contributed by atoms with E-state index in [0.29, 0.717) is 5.92 Å². The van der Waals surface area contributed by atoms with Crippen LogP contribution in [0.15, 0.2) is 12.1 Å². The maximum absolute atomic E-state index is 6.22. The fraction of sp³-hybridized carbons (Fsp3) is 0.647. The Balaban J connectivity index is 2.56. The molecule has 2 rings (SSSR count). The van der Waals surface area contributed by atoms with Crippen molar-refractivity contribution in [2.75, 3.05) is 7.11 Å². The Hall–Kier alpha value is -1.02. The molecular weight excluding hydrogens is 234 g/mol. The lowest BCUT2D eigenvalue weighted by atomic mass is 9.84. The van der Waals surface area contributed by atoms with Crippen molar-refractivity contribution in [1.29, 1.82) is 0 Å². The number of hydrogen-bond acceptors (Lipinski definition) is 2. The summed E-state index contributed by atoms with van der Waals surface area (Å²) in [7, 11) is 1.78. The third-order valence-corrected chi connectivity index (χ3v) is 4.64. The lowest BCUT2D eigenvalue weighted by molar-refractivity contribution is 0.402. The molecule has 0 bridgehead atoms. The van der Waals surface area contributed by atoms with Crippen LogP contribution in [-0.2, 0) is 11.8 Å². The molecular formula is C17H27NO. The van der Waals surface area contributed by atoms with Gasteiger partial charge in [0.15, 0.2) is 0 Å². The van der Waals surface area contributed by atoms with E-state index in [1.165, 1.54) is 29.5 Å². The molecule has 0 heterocycles. The van der Waals surface area contributed by atoms with Crippen molar-refractivity contribution in [3.05, 3.63) is 28.8 Å². The third kappa shape index (κ3) is 2.38. The SMILES string of the molecule is CCc1cc(C2(C(C)N)CC2)cc(C(C)C)c1OC. The molecule has 0 spiro atoms. The molecule has 2 N–H and O–H groups in total. The molecule has 2 heteroatoms. The first kappa shape index (κ1) is 14.4. The van der Waals surface area contributed by atoms with Gasteiger partial charge in [0.25, 0.3) is 0 Å². The van der Waals surface area contributed by atoms with Gasteiger partial charge in [-0.2, -0.15) is 0 Å². The molecule has 1 aromatic rings. The molecule has 0 saturated heterocycles. The first-order chi connectivity index (χ1) is 8.96. The molecule has 1 atom stereocenters. The second-order valence-corrected chi connectivity index (χ2v) is 6.21. The summed E-state index contributed by atoms with van der Waals surface area (Å²) in [6.45, 7) is 8.79. The third-order valence-electron chi connectivity index (χ3n) is 4.64. The van der Waals surface area contributed by atoms with Crippen LogP contribution in [0.2, 0.25) is 0 Å². The van der Waals surface area contributed by atoms with Crippen LogP contribution in [-0.4, -0.2) is 13.2 Å². The van der Waals surface area contributed by atoms with Gasteiger partial charge in [0.05, 0.1) is 7.11 Å². The summed E-state index contributed by atoms with van der Waals surface area (Å²) in [4.78, 5) is 0. The standard InChI is InChI=1S/C17H27NO/c1-6-13-9-14(17(7-8-17)12(4)18)10-15(11(2)3)16(13)19-5/h9-12H,6-8,18H2,1-5H3. The van der Waals surface area contributed by atoms with Crippen molar-refractivity contribution in [3.8, 4) is 5.75 Å². The second-order valence-electron chi connectivity index (χ2n) is 6.21. The van der Waals surface area contributed by atoms with Crippen LogP contribution in [0.3, 0.4) is 0 Å². The summed E-state index contributed by atoms with van der Waals surface area (Å²) >= 11 is 0. The van der Waals surface area contributed by atoms with E-state index in [1.807, 2.05) is 0 Å². The quantitative estimate of drug-likeness (QED) is 0.876. The lowest BCUT2D eigenvalue weighted by Gasteiger charge is -2.24. The average molecular weight is 261 g/mol. The predicted molar refractivity (Wildman–Crippen MR) is 81.0 cm³/mol. The van der Waals surface area contributed by atoms with Crippen LogP contribution in [0.4, 0.5) is 0 Å². The van der Waals surface area contributed by atoms with Crippen LogP contribution in [0.5, 0.6) is 5.75 Å². The molecule has 1 fully saturated rings. The fourth-order valence-corrected chi connectivity index (χ4v) is 3.08. The topological polar surface area (TPSA) is 35.2 Å². The Morgan fingerprint density at radius 2 is 1.89 bits per heavy atom. The van der Waals surface area contributed by atoms with Crippen LogP contribution in [0, 0.1) is 0 Å². The minimum Gasteiger partial charge on any atom is -0.496 e. The van der Waals surface area contributed by atoms with Gasteiger partial charge in [0.1, 0.15) is 5.75 Å². The number of aryl methyl sites for hydroxylation is 1. The normalized spacial score (nSPS) is 18.5. The van der Waals surface area contributed by atoms with E-state index in [0.717, 1.165) is 12.2 Å². The Morgan fingerprint density at radius 1 is 1.26 bits per heavy atom. The Bertz CT molecular complexity index is 459. The highest BCUT2D eigenvalue weighted by atomic mass is 16.5. The zero-order valence-electron chi connectivity index (χ0n) is 12.9. The van der Waals surface area contributed by atoms with Crippen molar-refractivity contribution in [3.63, 3.8) is 0 Å². The molecule has 1 aliphatic rings. The van der Waals surface area contributed by atoms with Gasteiger partial charge in [-0.25, -0.2) is 0 Å². The number of benzene rings is 1. The van der Waals surface area contributed by atoms with Crippen molar-refractivity contribution in [1.82, 2.24) is 0 Å². The predicted octanol–water partition coefficient (Wildman–Crippen LogP) is 3.76. The number of rotatable bonds is 5. The fourth-order valence-electron chi connectivity index (χ4n) is 3.08. The van der Waals surface area contributed by atoms with Crippen molar-refractivity contribution in [2.45, 2.75) is 64.3 Å². The second kappa shape index (κ2) is 5.16. The molecule has 1 aromatic carbocycles. The van der Waals surface area contributed by atoms with Crippen LogP contribution < -0.4 is 10.5 Å². The van der Waals surface area contributed by atoms with E-state index in [4.69, 9.17) is 10.5 Å². The molecule has 0 amide bonds. The highest BCUT2D eigenvalue weighted by Gasteiger charge is 2.47. The van der Waals surface area contributed by atoms with Gasteiger partial charge in [0.2, 0.25) is 0 Å². The zero-order chi connectivity index (χ0) is 14.2. The Labute approximate surface area is 117 Å². The molecule has 2 nitrogen and oxygen atoms in total. The van der Waals surface area contributed by atoms with Gasteiger partial charge in [-0.3, -0.25) is 0 Å². The Kier molecular flexibility index (Phi) is 3.91. The largest absolute Gasteiger partial charge is 0.496 e. The van der Waals surface area contributed by atoms with Crippen molar-refractivity contribution < 1.29 is 4.74 Å². The van der Waals surface area contributed by atoms with E-state index >= 15 is 0 Å². The maximum Gasteiger partial charge on any atom is 0.125 e. The summed E-state index contributed by atoms with van der Waals surface area (Å²) in [6.07, 6.45) is 3.45. The highest BCUT2D eigenvalue weighted by Crippen LogP contribution is 2.52. The van der Waals surface area contributed by atoms with Gasteiger partial charge >= 0.3 is 0 Å². The minimum absolute atomic E-state index is 0.222. The van der Waals surface area contributed by atoms with Gasteiger partial charge in [-0.1, -0.05) is 32.9 Å². The van der Waals surface area contributed by atoms with E-state index in [1.54, 1.807) is 7.11 Å². The minimum atomic E-state index is 0.222. The number of hydrogen-bond donors (Lipinski definition) is 1. The van der Waals surface area contributed by atoms with Gasteiger partial charge < -0.3 is 10.5 Å². The molecule has 0 aliphatic heterocycles. The first-order valence-corrected chi connectivity index (χ1v) is 7.43. The summed E-state index contributed by atoms with van der Waals surface area (Å²) < 4.78 is 5.65. The Morgan fingerprint density at radius 3 is 2.26 bits per heavy atom. The van der Waals surface area contributed by atoms with Crippen LogP contribution in [0.25, 0.3) is 0 Å². The van der Waals surface area contributed by atoms with Crippen LogP contribution >= 0.6 is 0 Å². The van der Waals surface area contributed by atoms with E-state index in [-0.39, 0.29) is 11.5 Å². The molecule has 19 heavy (non-hydrogen) atoms. The molecule has 106 valence electrons. The number of ether oxygens (including phenoxy) is 1.